The Bertz CT molecular complexity index is 1310. The van der Waals surface area contributed by atoms with Crippen molar-refractivity contribution < 1.29 is 35.4 Å². The number of carboxylic acids is 1. The first-order valence-electron chi connectivity index (χ1n) is 19.7. The lowest BCUT2D eigenvalue weighted by Gasteiger charge is -2.31. The standard InChI is InChI=1S/C44H69NO7/c1-5-6-8-15-38(47)27-24-37(23-19-34-12-9-7-10-13-34)41(29-40(49)31-46)42(16-11-14-35(18-17-33(2)3)22-28-43(50)51)45-32-44(4,52)30-36-20-25-39(48)26-21-36/h7,9-10,12-13,20-21,24-27,33,35,38,40,42,45-49,52H,5-6,8,11,14-19,22-23,28-32H2,1-4H3,(H,50,51). The minimum atomic E-state index is -1.13. The van der Waals surface area contributed by atoms with E-state index in [0.717, 1.165) is 68.1 Å². The summed E-state index contributed by atoms with van der Waals surface area (Å²) in [5, 5.41) is 66.3. The molecular formula is C44H69NO7. The fourth-order valence-corrected chi connectivity index (χ4v) is 6.82. The number of rotatable bonds is 28. The molecule has 0 radical (unpaired) electrons. The van der Waals surface area contributed by atoms with E-state index in [4.69, 9.17) is 0 Å². The quantitative estimate of drug-likeness (QED) is 0.0346. The first-order chi connectivity index (χ1) is 24.8. The predicted molar refractivity (Wildman–Crippen MR) is 211 cm³/mol. The highest BCUT2D eigenvalue weighted by Gasteiger charge is 2.26. The van der Waals surface area contributed by atoms with E-state index in [1.165, 1.54) is 5.56 Å². The highest BCUT2D eigenvalue weighted by molar-refractivity contribution is 5.66. The molecule has 2 aromatic rings. The largest absolute Gasteiger partial charge is 0.508 e. The smallest absolute Gasteiger partial charge is 0.303 e. The number of aryl methyl sites for hydroxylation is 1. The number of benzene rings is 2. The summed E-state index contributed by atoms with van der Waals surface area (Å²) < 4.78 is 0. The molecule has 7 N–H and O–H groups in total. The van der Waals surface area contributed by atoms with Crippen LogP contribution in [0.4, 0.5) is 0 Å². The average Bonchev–Trinajstić information content (AvgIpc) is 3.11. The summed E-state index contributed by atoms with van der Waals surface area (Å²) in [7, 11) is 0. The van der Waals surface area contributed by atoms with Gasteiger partial charge in [0.15, 0.2) is 0 Å². The van der Waals surface area contributed by atoms with E-state index >= 15 is 0 Å². The van der Waals surface area contributed by atoms with Crippen molar-refractivity contribution in [1.29, 1.82) is 0 Å². The van der Waals surface area contributed by atoms with Gasteiger partial charge in [-0.05, 0) is 91.7 Å². The van der Waals surface area contributed by atoms with E-state index in [1.54, 1.807) is 31.2 Å². The number of carbonyl (C=O) groups is 1. The maximum atomic E-state index is 11.6. The van der Waals surface area contributed by atoms with Crippen molar-refractivity contribution in [1.82, 2.24) is 5.32 Å². The second-order valence-corrected chi connectivity index (χ2v) is 15.5. The fourth-order valence-electron chi connectivity index (χ4n) is 6.82. The zero-order chi connectivity index (χ0) is 38.4. The van der Waals surface area contributed by atoms with Gasteiger partial charge in [0.1, 0.15) is 5.75 Å². The number of aromatic hydroxyl groups is 1. The normalized spacial score (nSPS) is 16.0. The summed E-state index contributed by atoms with van der Waals surface area (Å²) in [5.41, 5.74) is 2.87. The summed E-state index contributed by atoms with van der Waals surface area (Å²) in [4.78, 5) is 11.5. The maximum Gasteiger partial charge on any atom is 0.303 e. The van der Waals surface area contributed by atoms with E-state index in [9.17, 15) is 35.4 Å². The number of nitrogens with one attached hydrogen (secondary N) is 1. The van der Waals surface area contributed by atoms with Gasteiger partial charge in [0.25, 0.3) is 0 Å². The second-order valence-electron chi connectivity index (χ2n) is 15.5. The minimum absolute atomic E-state index is 0.146. The number of aliphatic hydroxyl groups excluding tert-OH is 3. The summed E-state index contributed by atoms with van der Waals surface area (Å²) >= 11 is 0. The molecule has 0 saturated carbocycles. The number of aliphatic carboxylic acids is 1. The average molecular weight is 724 g/mol. The van der Waals surface area contributed by atoms with Gasteiger partial charge in [-0.1, -0.05) is 120 Å². The van der Waals surface area contributed by atoms with Crippen molar-refractivity contribution >= 4 is 5.97 Å². The summed E-state index contributed by atoms with van der Waals surface area (Å²) in [5.74, 6) is 0.201. The Hall–Kier alpha value is -3.01. The molecule has 0 spiro atoms. The SMILES string of the molecule is CCCCCC(O)C=CC(CCc1ccccc1)=C(CC(O)CO)C(CCCC(CCC(=O)O)CCC(C)C)NCC(C)(O)Cc1ccc(O)cc1. The van der Waals surface area contributed by atoms with Crippen LogP contribution in [0.15, 0.2) is 77.9 Å². The molecule has 0 aliphatic carbocycles. The van der Waals surface area contributed by atoms with Gasteiger partial charge >= 0.3 is 5.97 Å². The van der Waals surface area contributed by atoms with Crippen LogP contribution in [0.25, 0.3) is 0 Å². The van der Waals surface area contributed by atoms with E-state index in [1.807, 2.05) is 30.4 Å². The molecule has 8 heteroatoms. The lowest BCUT2D eigenvalue weighted by Crippen LogP contribution is -2.45. The highest BCUT2D eigenvalue weighted by atomic mass is 16.4. The molecule has 292 valence electrons. The van der Waals surface area contributed by atoms with Crippen LogP contribution in [-0.4, -0.2) is 73.6 Å². The van der Waals surface area contributed by atoms with Crippen LogP contribution < -0.4 is 5.32 Å². The van der Waals surface area contributed by atoms with Gasteiger partial charge in [-0.25, -0.2) is 0 Å². The van der Waals surface area contributed by atoms with Crippen LogP contribution in [0.2, 0.25) is 0 Å². The van der Waals surface area contributed by atoms with E-state index in [2.05, 4.69) is 38.2 Å². The van der Waals surface area contributed by atoms with E-state index in [0.29, 0.717) is 38.0 Å². The Labute approximate surface area is 313 Å². The van der Waals surface area contributed by atoms with Crippen LogP contribution in [0.1, 0.15) is 122 Å². The zero-order valence-corrected chi connectivity index (χ0v) is 32.3. The number of hydrogen-bond acceptors (Lipinski definition) is 7. The molecule has 0 heterocycles. The number of phenolic OH excluding ortho intramolecular Hbond substituents is 1. The molecular weight excluding hydrogens is 654 g/mol. The Balaban J connectivity index is 2.52. The Kier molecular flexibility index (Phi) is 21.8. The van der Waals surface area contributed by atoms with Crippen LogP contribution >= 0.6 is 0 Å². The summed E-state index contributed by atoms with van der Waals surface area (Å²) in [6.45, 7) is 8.16. The van der Waals surface area contributed by atoms with Crippen molar-refractivity contribution in [2.75, 3.05) is 13.2 Å². The topological polar surface area (TPSA) is 150 Å². The molecule has 5 unspecified atom stereocenters. The predicted octanol–water partition coefficient (Wildman–Crippen LogP) is 7.90. The molecule has 8 nitrogen and oxygen atoms in total. The van der Waals surface area contributed by atoms with Gasteiger partial charge in [-0.15, -0.1) is 0 Å². The Morgan fingerprint density at radius 1 is 0.865 bits per heavy atom. The third-order valence-corrected chi connectivity index (χ3v) is 9.92. The maximum absolute atomic E-state index is 11.6. The molecule has 0 amide bonds. The first kappa shape index (κ1) is 45.1. The third-order valence-electron chi connectivity index (χ3n) is 9.92. The summed E-state index contributed by atoms with van der Waals surface area (Å²) in [6.07, 6.45) is 13.1. The number of allylic oxidation sites excluding steroid dienone is 2. The fraction of sp³-hybridized carbons (Fsp3) is 0.614. The monoisotopic (exact) mass is 724 g/mol. The Morgan fingerprint density at radius 2 is 1.58 bits per heavy atom. The van der Waals surface area contributed by atoms with Crippen LogP contribution in [-0.2, 0) is 17.6 Å². The van der Waals surface area contributed by atoms with Crippen molar-refractivity contribution in [3.05, 3.63) is 89.0 Å². The molecule has 5 atom stereocenters. The van der Waals surface area contributed by atoms with Gasteiger partial charge < -0.3 is 36.0 Å². The van der Waals surface area contributed by atoms with Crippen LogP contribution in [0, 0.1) is 11.8 Å². The molecule has 0 aliphatic rings. The second kappa shape index (κ2) is 25.1. The van der Waals surface area contributed by atoms with Crippen molar-refractivity contribution in [3.63, 3.8) is 0 Å². The molecule has 0 fully saturated rings. The third kappa shape index (κ3) is 19.7. The molecule has 2 rings (SSSR count). The van der Waals surface area contributed by atoms with Gasteiger partial charge in [0.2, 0.25) is 0 Å². The minimum Gasteiger partial charge on any atom is -0.508 e. The van der Waals surface area contributed by atoms with E-state index < -0.39 is 30.4 Å². The number of hydrogen-bond donors (Lipinski definition) is 7. The van der Waals surface area contributed by atoms with Gasteiger partial charge in [-0.2, -0.15) is 0 Å². The van der Waals surface area contributed by atoms with Gasteiger partial charge in [-0.3, -0.25) is 4.79 Å². The van der Waals surface area contributed by atoms with Gasteiger partial charge in [0, 0.05) is 25.4 Å². The lowest BCUT2D eigenvalue weighted by molar-refractivity contribution is -0.137. The molecule has 2 aromatic carbocycles. The first-order valence-corrected chi connectivity index (χ1v) is 19.7. The number of aliphatic hydroxyl groups is 4. The number of unbranched alkanes of at least 4 members (excludes halogenated alkanes) is 2. The van der Waals surface area contributed by atoms with Crippen molar-refractivity contribution in [2.24, 2.45) is 11.8 Å². The zero-order valence-electron chi connectivity index (χ0n) is 32.3. The molecule has 0 aromatic heterocycles. The van der Waals surface area contributed by atoms with Crippen LogP contribution in [0.3, 0.4) is 0 Å². The van der Waals surface area contributed by atoms with E-state index in [-0.39, 0.29) is 37.1 Å². The van der Waals surface area contributed by atoms with Crippen LogP contribution in [0.5, 0.6) is 5.75 Å². The number of phenols is 1. The Morgan fingerprint density at radius 3 is 2.21 bits per heavy atom. The van der Waals surface area contributed by atoms with Crippen molar-refractivity contribution in [3.8, 4) is 5.75 Å². The molecule has 0 bridgehead atoms. The molecule has 52 heavy (non-hydrogen) atoms. The molecule has 0 aliphatic heterocycles. The molecule has 0 saturated heterocycles. The lowest BCUT2D eigenvalue weighted by atomic mass is 9.85. The highest BCUT2D eigenvalue weighted by Crippen LogP contribution is 2.29. The van der Waals surface area contributed by atoms with Gasteiger partial charge in [0.05, 0.1) is 24.4 Å². The summed E-state index contributed by atoms with van der Waals surface area (Å²) in [6, 6.07) is 16.8. The number of carboxylic acid groups (broad SMARTS) is 1. The van der Waals surface area contributed by atoms with Crippen molar-refractivity contribution in [2.45, 2.75) is 148 Å².